The molecule has 1 amide bonds. The van der Waals surface area contributed by atoms with Crippen LogP contribution in [0, 0.1) is 6.92 Å². The SMILES string of the molecule is Cc1ccc(SCc2occc2C(=O)Nc2cccc3nonc23)cc1. The zero-order valence-corrected chi connectivity index (χ0v) is 14.7. The second kappa shape index (κ2) is 7.05. The Hall–Kier alpha value is -3.06. The highest BCUT2D eigenvalue weighted by atomic mass is 32.2. The van der Waals surface area contributed by atoms with Crippen molar-refractivity contribution in [2.24, 2.45) is 0 Å². The number of hydrogen-bond acceptors (Lipinski definition) is 6. The molecule has 0 radical (unpaired) electrons. The quantitative estimate of drug-likeness (QED) is 0.518. The third-order valence-electron chi connectivity index (χ3n) is 3.92. The van der Waals surface area contributed by atoms with E-state index in [1.165, 1.54) is 11.8 Å². The smallest absolute Gasteiger partial charge is 0.259 e. The molecule has 6 nitrogen and oxygen atoms in total. The molecule has 0 aliphatic rings. The molecular formula is C19H15N3O3S. The van der Waals surface area contributed by atoms with E-state index in [9.17, 15) is 4.79 Å². The fourth-order valence-corrected chi connectivity index (χ4v) is 3.38. The van der Waals surface area contributed by atoms with Gasteiger partial charge in [-0.15, -0.1) is 11.8 Å². The number of benzene rings is 2. The van der Waals surface area contributed by atoms with Gasteiger partial charge in [0, 0.05) is 4.90 Å². The highest BCUT2D eigenvalue weighted by Gasteiger charge is 2.17. The lowest BCUT2D eigenvalue weighted by atomic mass is 10.2. The van der Waals surface area contributed by atoms with Crippen LogP contribution in [0.2, 0.25) is 0 Å². The number of thioether (sulfide) groups is 1. The van der Waals surface area contributed by atoms with Gasteiger partial charge in [0.15, 0.2) is 5.52 Å². The first-order chi connectivity index (χ1) is 12.7. The van der Waals surface area contributed by atoms with E-state index in [1.807, 2.05) is 6.92 Å². The predicted octanol–water partition coefficient (Wildman–Crippen LogP) is 4.67. The van der Waals surface area contributed by atoms with E-state index in [4.69, 9.17) is 9.05 Å². The van der Waals surface area contributed by atoms with E-state index in [0.717, 1.165) is 4.90 Å². The van der Waals surface area contributed by atoms with Gasteiger partial charge in [0.25, 0.3) is 5.91 Å². The zero-order chi connectivity index (χ0) is 17.9. The van der Waals surface area contributed by atoms with Crippen LogP contribution < -0.4 is 5.32 Å². The van der Waals surface area contributed by atoms with Crippen LogP contribution in [0.3, 0.4) is 0 Å². The number of nitrogens with one attached hydrogen (secondary N) is 1. The first kappa shape index (κ1) is 16.4. The number of rotatable bonds is 5. The largest absolute Gasteiger partial charge is 0.468 e. The Kier molecular flexibility index (Phi) is 4.45. The molecule has 2 aromatic carbocycles. The summed E-state index contributed by atoms with van der Waals surface area (Å²) in [6, 6.07) is 15.2. The van der Waals surface area contributed by atoms with Crippen LogP contribution in [0.25, 0.3) is 11.0 Å². The maximum Gasteiger partial charge on any atom is 0.259 e. The summed E-state index contributed by atoms with van der Waals surface area (Å²) >= 11 is 1.62. The second-order valence-electron chi connectivity index (χ2n) is 5.75. The number of nitrogens with zero attached hydrogens (tertiary/aromatic N) is 2. The van der Waals surface area contributed by atoms with Crippen molar-refractivity contribution < 1.29 is 13.8 Å². The van der Waals surface area contributed by atoms with Gasteiger partial charge in [-0.05, 0) is 47.6 Å². The lowest BCUT2D eigenvalue weighted by molar-refractivity contribution is 0.102. The Labute approximate surface area is 153 Å². The minimum atomic E-state index is -0.256. The molecule has 26 heavy (non-hydrogen) atoms. The molecule has 0 unspecified atom stereocenters. The summed E-state index contributed by atoms with van der Waals surface area (Å²) in [6.45, 7) is 2.05. The number of fused-ring (bicyclic) bond motifs is 1. The van der Waals surface area contributed by atoms with Crippen LogP contribution in [-0.4, -0.2) is 16.2 Å². The van der Waals surface area contributed by atoms with E-state index in [-0.39, 0.29) is 5.91 Å². The summed E-state index contributed by atoms with van der Waals surface area (Å²) in [4.78, 5) is 13.8. The van der Waals surface area contributed by atoms with Crippen LogP contribution >= 0.6 is 11.8 Å². The molecule has 0 atom stereocenters. The molecule has 1 N–H and O–H groups in total. The molecule has 2 aromatic heterocycles. The third-order valence-corrected chi connectivity index (χ3v) is 4.93. The Balaban J connectivity index is 1.50. The van der Waals surface area contributed by atoms with Crippen molar-refractivity contribution >= 4 is 34.4 Å². The van der Waals surface area contributed by atoms with Crippen molar-refractivity contribution in [2.75, 3.05) is 5.32 Å². The molecule has 0 bridgehead atoms. The Morgan fingerprint density at radius 1 is 1.12 bits per heavy atom. The van der Waals surface area contributed by atoms with Crippen molar-refractivity contribution in [3.63, 3.8) is 0 Å². The van der Waals surface area contributed by atoms with Gasteiger partial charge in [0.2, 0.25) is 0 Å². The van der Waals surface area contributed by atoms with Crippen molar-refractivity contribution in [3.05, 3.63) is 71.7 Å². The molecular weight excluding hydrogens is 350 g/mol. The molecule has 0 spiro atoms. The monoisotopic (exact) mass is 365 g/mol. The van der Waals surface area contributed by atoms with Gasteiger partial charge in [-0.2, -0.15) is 0 Å². The Bertz CT molecular complexity index is 1050. The number of amides is 1. The summed E-state index contributed by atoms with van der Waals surface area (Å²) < 4.78 is 10.2. The standard InChI is InChI=1S/C19H15N3O3S/c1-12-5-7-13(8-6-12)26-11-17-14(9-10-24-17)19(23)20-15-3-2-4-16-18(15)22-25-21-16/h2-10H,11H2,1H3,(H,20,23). The van der Waals surface area contributed by atoms with Crippen LogP contribution in [-0.2, 0) is 5.75 Å². The van der Waals surface area contributed by atoms with Crippen LogP contribution in [0.1, 0.15) is 21.7 Å². The lowest BCUT2D eigenvalue weighted by Gasteiger charge is -2.06. The van der Waals surface area contributed by atoms with E-state index in [0.29, 0.717) is 33.8 Å². The average Bonchev–Trinajstić information content (AvgIpc) is 3.31. The maximum absolute atomic E-state index is 12.7. The fourth-order valence-electron chi connectivity index (χ4n) is 2.53. The summed E-state index contributed by atoms with van der Waals surface area (Å²) in [6.07, 6.45) is 1.53. The minimum Gasteiger partial charge on any atom is -0.468 e. The molecule has 130 valence electrons. The van der Waals surface area contributed by atoms with Crippen molar-refractivity contribution in [1.82, 2.24) is 10.3 Å². The third kappa shape index (κ3) is 3.34. The first-order valence-electron chi connectivity index (χ1n) is 7.99. The molecule has 4 aromatic rings. The first-order valence-corrected chi connectivity index (χ1v) is 8.98. The number of carbonyl (C=O) groups is 1. The maximum atomic E-state index is 12.7. The lowest BCUT2D eigenvalue weighted by Crippen LogP contribution is -2.13. The van der Waals surface area contributed by atoms with Gasteiger partial charge in [-0.25, -0.2) is 4.63 Å². The number of aromatic nitrogens is 2. The van der Waals surface area contributed by atoms with Crippen LogP contribution in [0.5, 0.6) is 0 Å². The van der Waals surface area contributed by atoms with E-state index < -0.39 is 0 Å². The summed E-state index contributed by atoms with van der Waals surface area (Å²) in [5.74, 6) is 0.932. The molecule has 0 fully saturated rings. The summed E-state index contributed by atoms with van der Waals surface area (Å²) in [5.41, 5.74) is 3.36. The number of hydrogen-bond donors (Lipinski definition) is 1. The summed E-state index contributed by atoms with van der Waals surface area (Å²) in [7, 11) is 0. The van der Waals surface area contributed by atoms with Crippen molar-refractivity contribution in [1.29, 1.82) is 0 Å². The zero-order valence-electron chi connectivity index (χ0n) is 13.9. The van der Waals surface area contributed by atoms with Gasteiger partial charge in [0.1, 0.15) is 11.3 Å². The molecule has 0 saturated carbocycles. The van der Waals surface area contributed by atoms with Gasteiger partial charge >= 0.3 is 0 Å². The van der Waals surface area contributed by atoms with Gasteiger partial charge in [0.05, 0.1) is 23.3 Å². The van der Waals surface area contributed by atoms with E-state index in [1.54, 1.807) is 36.0 Å². The normalized spacial score (nSPS) is 11.0. The molecule has 0 saturated heterocycles. The fraction of sp³-hybridized carbons (Fsp3) is 0.105. The Morgan fingerprint density at radius 2 is 1.96 bits per heavy atom. The van der Waals surface area contributed by atoms with E-state index >= 15 is 0 Å². The molecule has 0 aliphatic carbocycles. The highest BCUT2D eigenvalue weighted by molar-refractivity contribution is 7.98. The van der Waals surface area contributed by atoms with Crippen molar-refractivity contribution in [3.8, 4) is 0 Å². The number of anilines is 1. The van der Waals surface area contributed by atoms with Gasteiger partial charge in [-0.3, -0.25) is 4.79 Å². The van der Waals surface area contributed by atoms with Crippen LogP contribution in [0.15, 0.2) is 68.7 Å². The van der Waals surface area contributed by atoms with Crippen molar-refractivity contribution in [2.45, 2.75) is 17.6 Å². The number of aryl methyl sites for hydroxylation is 1. The van der Waals surface area contributed by atoms with Gasteiger partial charge < -0.3 is 9.73 Å². The Morgan fingerprint density at radius 3 is 2.81 bits per heavy atom. The molecule has 2 heterocycles. The topological polar surface area (TPSA) is 81.2 Å². The average molecular weight is 365 g/mol. The second-order valence-corrected chi connectivity index (χ2v) is 6.80. The predicted molar refractivity (Wildman–Crippen MR) is 99.2 cm³/mol. The summed E-state index contributed by atoms with van der Waals surface area (Å²) in [5, 5.41) is 10.5. The number of carbonyl (C=O) groups excluding carboxylic acids is 1. The van der Waals surface area contributed by atoms with Crippen LogP contribution in [0.4, 0.5) is 5.69 Å². The molecule has 4 rings (SSSR count). The van der Waals surface area contributed by atoms with E-state index in [2.05, 4.69) is 39.9 Å². The number of furan rings is 1. The highest BCUT2D eigenvalue weighted by Crippen LogP contribution is 2.26. The minimum absolute atomic E-state index is 0.256. The molecule has 0 aliphatic heterocycles. The van der Waals surface area contributed by atoms with Gasteiger partial charge in [-0.1, -0.05) is 23.8 Å². The molecule has 7 heteroatoms.